The van der Waals surface area contributed by atoms with Gasteiger partial charge in [0.25, 0.3) is 0 Å². The number of ether oxygens (including phenoxy) is 2. The molecular weight excluding hydrogens is 370 g/mol. The van der Waals surface area contributed by atoms with Gasteiger partial charge in [-0.3, -0.25) is 4.79 Å². The van der Waals surface area contributed by atoms with Gasteiger partial charge in [0, 0.05) is 9.92 Å². The van der Waals surface area contributed by atoms with Crippen molar-refractivity contribution >= 4 is 29.3 Å². The minimum Gasteiger partial charge on any atom is -0.493 e. The third-order valence-electron chi connectivity index (χ3n) is 4.03. The number of benzene rings is 2. The molecule has 0 bridgehead atoms. The van der Waals surface area contributed by atoms with Crippen molar-refractivity contribution < 1.29 is 14.3 Å². The smallest absolute Gasteiger partial charge is 0.233 e. The van der Waals surface area contributed by atoms with Gasteiger partial charge in [0.05, 0.1) is 25.5 Å². The number of halogens is 1. The Morgan fingerprint density at radius 1 is 1.12 bits per heavy atom. The molecule has 0 saturated carbocycles. The minimum atomic E-state index is -0.217. The quantitative estimate of drug-likeness (QED) is 0.633. The second-order valence-corrected chi connectivity index (χ2v) is 7.65. The molecule has 2 atom stereocenters. The zero-order valence-corrected chi connectivity index (χ0v) is 17.0. The fourth-order valence-corrected chi connectivity index (χ4v) is 3.55. The van der Waals surface area contributed by atoms with Gasteiger partial charge < -0.3 is 14.8 Å². The maximum atomic E-state index is 12.6. The predicted octanol–water partition coefficient (Wildman–Crippen LogP) is 5.11. The van der Waals surface area contributed by atoms with Crippen LogP contribution in [0.3, 0.4) is 0 Å². The fourth-order valence-electron chi connectivity index (χ4n) is 2.55. The van der Waals surface area contributed by atoms with Crippen LogP contribution in [0.1, 0.15) is 31.9 Å². The summed E-state index contributed by atoms with van der Waals surface area (Å²) in [4.78, 5) is 13.6. The molecule has 0 unspecified atom stereocenters. The molecule has 2 aromatic rings. The van der Waals surface area contributed by atoms with Gasteiger partial charge in [-0.2, -0.15) is 0 Å². The third-order valence-corrected chi connectivity index (χ3v) is 5.39. The molecule has 0 fully saturated rings. The molecular formula is C20H24ClNO3S. The summed E-state index contributed by atoms with van der Waals surface area (Å²) in [5.74, 6) is 1.32. The van der Waals surface area contributed by atoms with E-state index in [1.54, 1.807) is 14.2 Å². The molecule has 0 radical (unpaired) electrons. The van der Waals surface area contributed by atoms with Gasteiger partial charge in [0.2, 0.25) is 5.91 Å². The summed E-state index contributed by atoms with van der Waals surface area (Å²) in [6.45, 7) is 3.94. The van der Waals surface area contributed by atoms with Crippen LogP contribution >= 0.6 is 23.4 Å². The number of amides is 1. The SMILES string of the molecule is CC[C@@H](NC(=O)[C@H](C)Sc1ccc(Cl)cc1)c1ccc(OC)c(OC)c1. The Bertz CT molecular complexity index is 736. The van der Waals surface area contributed by atoms with E-state index in [1.165, 1.54) is 11.8 Å². The Kier molecular flexibility index (Phi) is 7.66. The molecule has 0 saturated heterocycles. The fraction of sp³-hybridized carbons (Fsp3) is 0.350. The standard InChI is InChI=1S/C20H24ClNO3S/c1-5-17(14-6-11-18(24-3)19(12-14)25-4)22-20(23)13(2)26-16-9-7-15(21)8-10-16/h6-13,17H,5H2,1-4H3,(H,22,23)/t13-,17+/m0/s1. The van der Waals surface area contributed by atoms with E-state index in [-0.39, 0.29) is 17.2 Å². The van der Waals surface area contributed by atoms with Crippen molar-refractivity contribution in [2.75, 3.05) is 14.2 Å². The maximum absolute atomic E-state index is 12.6. The van der Waals surface area contributed by atoms with Crippen LogP contribution in [0.2, 0.25) is 5.02 Å². The number of carbonyl (C=O) groups is 1. The van der Waals surface area contributed by atoms with Crippen LogP contribution < -0.4 is 14.8 Å². The molecule has 0 spiro atoms. The van der Waals surface area contributed by atoms with E-state index in [1.807, 2.05) is 56.3 Å². The maximum Gasteiger partial charge on any atom is 0.233 e. The van der Waals surface area contributed by atoms with Crippen molar-refractivity contribution in [3.63, 3.8) is 0 Å². The van der Waals surface area contributed by atoms with Gasteiger partial charge in [-0.05, 0) is 55.3 Å². The summed E-state index contributed by atoms with van der Waals surface area (Å²) in [6.07, 6.45) is 0.777. The molecule has 1 amide bonds. The lowest BCUT2D eigenvalue weighted by atomic mass is 10.0. The summed E-state index contributed by atoms with van der Waals surface area (Å²) in [7, 11) is 3.21. The lowest BCUT2D eigenvalue weighted by Crippen LogP contribution is -2.34. The second kappa shape index (κ2) is 9.74. The van der Waals surface area contributed by atoms with Crippen LogP contribution in [-0.4, -0.2) is 25.4 Å². The zero-order valence-electron chi connectivity index (χ0n) is 15.4. The number of hydrogen-bond donors (Lipinski definition) is 1. The summed E-state index contributed by atoms with van der Waals surface area (Å²) in [5.41, 5.74) is 0.988. The van der Waals surface area contributed by atoms with Crippen LogP contribution in [0, 0.1) is 0 Å². The van der Waals surface area contributed by atoms with E-state index < -0.39 is 0 Å². The third kappa shape index (κ3) is 5.32. The number of rotatable bonds is 8. The summed E-state index contributed by atoms with van der Waals surface area (Å²) < 4.78 is 10.6. The van der Waals surface area contributed by atoms with E-state index in [4.69, 9.17) is 21.1 Å². The molecule has 1 N–H and O–H groups in total. The molecule has 0 aliphatic heterocycles. The zero-order chi connectivity index (χ0) is 19.1. The lowest BCUT2D eigenvalue weighted by molar-refractivity contribution is -0.121. The number of carbonyl (C=O) groups excluding carboxylic acids is 1. The van der Waals surface area contributed by atoms with Crippen LogP contribution in [-0.2, 0) is 4.79 Å². The molecule has 0 aliphatic rings. The molecule has 26 heavy (non-hydrogen) atoms. The van der Waals surface area contributed by atoms with Gasteiger partial charge >= 0.3 is 0 Å². The van der Waals surface area contributed by atoms with Gasteiger partial charge in [-0.15, -0.1) is 11.8 Å². The van der Waals surface area contributed by atoms with Crippen molar-refractivity contribution in [2.45, 2.75) is 36.5 Å². The second-order valence-electron chi connectivity index (χ2n) is 5.80. The van der Waals surface area contributed by atoms with Gasteiger partial charge in [-0.25, -0.2) is 0 Å². The number of hydrogen-bond acceptors (Lipinski definition) is 4. The van der Waals surface area contributed by atoms with Crippen molar-refractivity contribution in [3.8, 4) is 11.5 Å². The van der Waals surface area contributed by atoms with Crippen molar-refractivity contribution in [2.24, 2.45) is 0 Å². The van der Waals surface area contributed by atoms with E-state index in [9.17, 15) is 4.79 Å². The highest BCUT2D eigenvalue weighted by Crippen LogP contribution is 2.31. The van der Waals surface area contributed by atoms with E-state index in [0.29, 0.717) is 16.5 Å². The van der Waals surface area contributed by atoms with Crippen LogP contribution in [0.5, 0.6) is 11.5 Å². The molecule has 2 aromatic carbocycles. The van der Waals surface area contributed by atoms with Crippen molar-refractivity contribution in [1.82, 2.24) is 5.32 Å². The van der Waals surface area contributed by atoms with Gasteiger partial charge in [0.15, 0.2) is 11.5 Å². The van der Waals surface area contributed by atoms with Gasteiger partial charge in [0.1, 0.15) is 0 Å². The topological polar surface area (TPSA) is 47.6 Å². The first-order valence-electron chi connectivity index (χ1n) is 8.43. The van der Waals surface area contributed by atoms with Crippen molar-refractivity contribution in [1.29, 1.82) is 0 Å². The molecule has 0 aliphatic carbocycles. The van der Waals surface area contributed by atoms with E-state index in [2.05, 4.69) is 5.32 Å². The minimum absolute atomic E-state index is 0.00779. The number of nitrogens with one attached hydrogen (secondary N) is 1. The summed E-state index contributed by atoms with van der Waals surface area (Å²) in [6, 6.07) is 13.1. The first-order valence-corrected chi connectivity index (χ1v) is 9.68. The summed E-state index contributed by atoms with van der Waals surface area (Å²) in [5, 5.41) is 3.59. The Labute approximate surface area is 164 Å². The van der Waals surface area contributed by atoms with Gasteiger partial charge in [-0.1, -0.05) is 24.6 Å². The van der Waals surface area contributed by atoms with Crippen LogP contribution in [0.25, 0.3) is 0 Å². The monoisotopic (exact) mass is 393 g/mol. The molecule has 140 valence electrons. The Morgan fingerprint density at radius 3 is 2.35 bits per heavy atom. The Balaban J connectivity index is 2.06. The average molecular weight is 394 g/mol. The Hall–Kier alpha value is -1.85. The predicted molar refractivity (Wildman–Crippen MR) is 107 cm³/mol. The van der Waals surface area contributed by atoms with E-state index in [0.717, 1.165) is 16.9 Å². The molecule has 2 rings (SSSR count). The average Bonchev–Trinajstić information content (AvgIpc) is 2.67. The molecule has 6 heteroatoms. The first-order chi connectivity index (χ1) is 12.5. The highest BCUT2D eigenvalue weighted by molar-refractivity contribution is 8.00. The number of thioether (sulfide) groups is 1. The van der Waals surface area contributed by atoms with Crippen molar-refractivity contribution in [3.05, 3.63) is 53.1 Å². The molecule has 0 heterocycles. The van der Waals surface area contributed by atoms with Crippen LogP contribution in [0.15, 0.2) is 47.4 Å². The molecule has 0 aromatic heterocycles. The largest absolute Gasteiger partial charge is 0.493 e. The van der Waals surface area contributed by atoms with E-state index >= 15 is 0 Å². The molecule has 4 nitrogen and oxygen atoms in total. The van der Waals surface area contributed by atoms with Crippen LogP contribution in [0.4, 0.5) is 0 Å². The first kappa shape index (κ1) is 20.5. The number of methoxy groups -OCH3 is 2. The highest BCUT2D eigenvalue weighted by atomic mass is 35.5. The Morgan fingerprint density at radius 2 is 1.77 bits per heavy atom. The normalized spacial score (nSPS) is 13.0. The summed E-state index contributed by atoms with van der Waals surface area (Å²) >= 11 is 7.41. The lowest BCUT2D eigenvalue weighted by Gasteiger charge is -2.21. The highest BCUT2D eigenvalue weighted by Gasteiger charge is 2.20.